The van der Waals surface area contributed by atoms with E-state index < -0.39 is 0 Å². The zero-order valence-electron chi connectivity index (χ0n) is 31.9. The lowest BCUT2D eigenvalue weighted by molar-refractivity contribution is 0.591. The van der Waals surface area contributed by atoms with Crippen molar-refractivity contribution in [1.82, 2.24) is 9.13 Å². The summed E-state index contributed by atoms with van der Waals surface area (Å²) in [5.41, 5.74) is 18.7. The number of aromatic nitrogens is 2. The van der Waals surface area contributed by atoms with Gasteiger partial charge in [0.2, 0.25) is 13.4 Å². The third-order valence-electron chi connectivity index (χ3n) is 12.5. The van der Waals surface area contributed by atoms with Gasteiger partial charge in [-0.15, -0.1) is 0 Å². The number of nitrogens with zero attached hydrogens (tertiary/aromatic N) is 2. The van der Waals surface area contributed by atoms with Crippen LogP contribution in [0.1, 0.15) is 52.7 Å². The van der Waals surface area contributed by atoms with Gasteiger partial charge in [-0.2, -0.15) is 0 Å². The van der Waals surface area contributed by atoms with Crippen LogP contribution in [0, 0.1) is 0 Å². The lowest BCUT2D eigenvalue weighted by Gasteiger charge is -2.33. The van der Waals surface area contributed by atoms with Crippen molar-refractivity contribution in [2.45, 2.75) is 52.4 Å². The Morgan fingerprint density at radius 1 is 0.370 bits per heavy atom. The van der Waals surface area contributed by atoms with Crippen molar-refractivity contribution in [3.05, 3.63) is 157 Å². The number of benzene rings is 7. The van der Waals surface area contributed by atoms with E-state index in [1.165, 1.54) is 98.9 Å². The fourth-order valence-corrected chi connectivity index (χ4v) is 9.89. The molecular weight excluding hydrogens is 650 g/mol. The van der Waals surface area contributed by atoms with Crippen molar-refractivity contribution in [3.8, 4) is 11.4 Å². The molecule has 0 bridgehead atoms. The molecule has 0 radical (unpaired) electrons. The molecule has 4 heteroatoms. The zero-order valence-corrected chi connectivity index (χ0v) is 31.9. The van der Waals surface area contributed by atoms with Crippen molar-refractivity contribution in [1.29, 1.82) is 0 Å². The van der Waals surface area contributed by atoms with Crippen LogP contribution >= 0.6 is 0 Å². The summed E-state index contributed by atoms with van der Waals surface area (Å²) in [6, 6.07) is 55.9. The number of para-hydroxylation sites is 2. The molecule has 0 amide bonds. The van der Waals surface area contributed by atoms with Gasteiger partial charge in [0.15, 0.2) is 0 Å². The maximum absolute atomic E-state index is 2.60. The van der Waals surface area contributed by atoms with Gasteiger partial charge in [0, 0.05) is 44.0 Å². The molecule has 0 atom stereocenters. The first-order valence-corrected chi connectivity index (χ1v) is 19.5. The van der Waals surface area contributed by atoms with Crippen molar-refractivity contribution >= 4 is 89.8 Å². The monoisotopic (exact) mass is 692 g/mol. The average Bonchev–Trinajstić information content (AvgIpc) is 3.69. The average molecular weight is 693 g/mol. The molecule has 4 heterocycles. The Morgan fingerprint density at radius 2 is 0.778 bits per heavy atom. The fraction of sp³-hybridized carbons (Fsp3) is 0.160. The maximum Gasteiger partial charge on any atom is 0.246 e. The molecule has 2 nitrogen and oxygen atoms in total. The van der Waals surface area contributed by atoms with E-state index in [1.54, 1.807) is 0 Å². The van der Waals surface area contributed by atoms with Gasteiger partial charge in [0.1, 0.15) is 0 Å². The third kappa shape index (κ3) is 4.31. The van der Waals surface area contributed by atoms with E-state index >= 15 is 0 Å². The predicted octanol–water partition coefficient (Wildman–Crippen LogP) is 8.14. The summed E-state index contributed by atoms with van der Waals surface area (Å²) in [5, 5.41) is 5.31. The van der Waals surface area contributed by atoms with Crippen LogP contribution in [0.4, 0.5) is 0 Å². The molecule has 11 rings (SSSR count). The number of fused-ring (bicyclic) bond motifs is 10. The molecule has 0 aliphatic carbocycles. The van der Waals surface area contributed by atoms with Gasteiger partial charge in [-0.25, -0.2) is 0 Å². The molecule has 0 fully saturated rings. The summed E-state index contributed by atoms with van der Waals surface area (Å²) in [4.78, 5) is 0. The van der Waals surface area contributed by atoms with E-state index in [1.807, 2.05) is 0 Å². The summed E-state index contributed by atoms with van der Waals surface area (Å²) in [5.74, 6) is 0. The van der Waals surface area contributed by atoms with E-state index in [0.29, 0.717) is 0 Å². The molecule has 0 unspecified atom stereocenters. The lowest BCUT2D eigenvalue weighted by atomic mass is 9.33. The van der Waals surface area contributed by atoms with E-state index in [9.17, 15) is 0 Å². The van der Waals surface area contributed by atoms with Crippen LogP contribution in [0.5, 0.6) is 0 Å². The van der Waals surface area contributed by atoms with Crippen molar-refractivity contribution in [3.63, 3.8) is 0 Å². The van der Waals surface area contributed by atoms with E-state index in [2.05, 4.69) is 196 Å². The molecule has 7 aromatic carbocycles. The topological polar surface area (TPSA) is 9.86 Å². The maximum atomic E-state index is 2.60. The molecule has 2 aromatic heterocycles. The lowest BCUT2D eigenvalue weighted by Crippen LogP contribution is -2.59. The number of rotatable bonds is 2. The second-order valence-corrected chi connectivity index (χ2v) is 17.8. The molecule has 0 saturated carbocycles. The van der Waals surface area contributed by atoms with Gasteiger partial charge in [-0.3, -0.25) is 0 Å². The van der Waals surface area contributed by atoms with Crippen LogP contribution < -0.4 is 32.8 Å². The summed E-state index contributed by atoms with van der Waals surface area (Å²) in [6.07, 6.45) is 0. The van der Waals surface area contributed by atoms with E-state index in [-0.39, 0.29) is 24.3 Å². The quantitative estimate of drug-likeness (QED) is 0.162. The molecule has 54 heavy (non-hydrogen) atoms. The second kappa shape index (κ2) is 10.9. The van der Waals surface area contributed by atoms with E-state index in [4.69, 9.17) is 0 Å². The molecule has 0 saturated heterocycles. The van der Waals surface area contributed by atoms with E-state index in [0.717, 1.165) is 0 Å². The Balaban J connectivity index is 1.31. The Morgan fingerprint density at radius 3 is 1.17 bits per heavy atom. The Hall–Kier alpha value is -5.73. The van der Waals surface area contributed by atoms with Gasteiger partial charge in [-0.05, 0) is 80.2 Å². The minimum absolute atomic E-state index is 0.0543. The Kier molecular flexibility index (Phi) is 6.42. The Labute approximate surface area is 318 Å². The van der Waals surface area contributed by atoms with Crippen LogP contribution in [0.25, 0.3) is 55.0 Å². The first-order chi connectivity index (χ1) is 26.1. The standard InChI is InChI=1S/C50H42B2N2/c1-49(2,3)31-23-25-43-37(27-31)35-19-13-21-39-47(35)53(43)45-29-42-46(30-41(45)51(39)33-15-9-7-10-16-33)54-44-26-24-32(50(4,5)6)28-38(44)36-20-14-22-40(48(36)54)52(42)34-17-11-8-12-18-34/h7-30H,1-6H3. The van der Waals surface area contributed by atoms with Gasteiger partial charge >= 0.3 is 0 Å². The summed E-state index contributed by atoms with van der Waals surface area (Å²) < 4.78 is 5.20. The molecule has 2 aliphatic rings. The third-order valence-corrected chi connectivity index (χ3v) is 12.5. The molecular formula is C50H42B2N2. The summed E-state index contributed by atoms with van der Waals surface area (Å²) in [6.45, 7) is 14.1. The van der Waals surface area contributed by atoms with Crippen LogP contribution in [-0.2, 0) is 10.8 Å². The number of hydrogen-bond acceptors (Lipinski definition) is 0. The molecule has 0 N–H and O–H groups in total. The second-order valence-electron chi connectivity index (χ2n) is 17.8. The minimum atomic E-state index is 0.0543. The van der Waals surface area contributed by atoms with Gasteiger partial charge in [0.25, 0.3) is 0 Å². The zero-order chi connectivity index (χ0) is 36.7. The first-order valence-electron chi connectivity index (χ1n) is 19.5. The predicted molar refractivity (Wildman–Crippen MR) is 235 cm³/mol. The highest BCUT2D eigenvalue weighted by Crippen LogP contribution is 2.39. The smallest absolute Gasteiger partial charge is 0.246 e. The highest BCUT2D eigenvalue weighted by atomic mass is 15.0. The molecule has 0 spiro atoms. The largest absolute Gasteiger partial charge is 0.310 e. The molecule has 9 aromatic rings. The SMILES string of the molecule is CC(C)(C)c1ccc2c(c1)c1cccc3c1n2-c1cc2c(cc1B3c1ccccc1)-n1c3ccc(C(C)(C)C)cc3c3cccc(c31)B2c1ccccc1. The van der Waals surface area contributed by atoms with Crippen molar-refractivity contribution in [2.24, 2.45) is 0 Å². The summed E-state index contributed by atoms with van der Waals surface area (Å²) in [7, 11) is 0. The minimum Gasteiger partial charge on any atom is -0.310 e. The van der Waals surface area contributed by atoms with Crippen LogP contribution in [0.15, 0.2) is 146 Å². The first kappa shape index (κ1) is 31.8. The van der Waals surface area contributed by atoms with Crippen molar-refractivity contribution in [2.75, 3.05) is 0 Å². The van der Waals surface area contributed by atoms with Crippen LogP contribution in [0.2, 0.25) is 0 Å². The van der Waals surface area contributed by atoms with Crippen LogP contribution in [0.3, 0.4) is 0 Å². The van der Waals surface area contributed by atoms with Crippen LogP contribution in [-0.4, -0.2) is 22.6 Å². The summed E-state index contributed by atoms with van der Waals surface area (Å²) >= 11 is 0. The molecule has 258 valence electrons. The fourth-order valence-electron chi connectivity index (χ4n) is 9.89. The van der Waals surface area contributed by atoms with Gasteiger partial charge in [0.05, 0.1) is 11.0 Å². The highest BCUT2D eigenvalue weighted by Gasteiger charge is 2.39. The van der Waals surface area contributed by atoms with Gasteiger partial charge in [-0.1, -0.05) is 162 Å². The van der Waals surface area contributed by atoms with Gasteiger partial charge < -0.3 is 9.13 Å². The molecule has 2 aliphatic heterocycles. The normalized spacial score (nSPS) is 13.7. The Bertz CT molecular complexity index is 2800. The number of hydrogen-bond donors (Lipinski definition) is 0. The van der Waals surface area contributed by atoms with Crippen molar-refractivity contribution < 1.29 is 0 Å². The highest BCUT2D eigenvalue weighted by molar-refractivity contribution is 7.00.